The zero-order chi connectivity index (χ0) is 14.8. The molecular weight excluding hydrogens is 326 g/mol. The molecule has 0 aliphatic carbocycles. The largest absolute Gasteiger partial charge is 0.389 e. The predicted molar refractivity (Wildman–Crippen MR) is 78.5 cm³/mol. The van der Waals surface area contributed by atoms with E-state index >= 15 is 0 Å². The van der Waals surface area contributed by atoms with E-state index < -0.39 is 5.60 Å². The lowest BCUT2D eigenvalue weighted by Crippen LogP contribution is -2.30. The third-order valence-electron chi connectivity index (χ3n) is 3.10. The van der Waals surface area contributed by atoms with Gasteiger partial charge in [-0.15, -0.1) is 0 Å². The van der Waals surface area contributed by atoms with E-state index in [0.29, 0.717) is 16.5 Å². The van der Waals surface area contributed by atoms with Gasteiger partial charge in [0.05, 0.1) is 10.1 Å². The summed E-state index contributed by atoms with van der Waals surface area (Å²) in [6.07, 6.45) is 0.523. The van der Waals surface area contributed by atoms with Crippen LogP contribution in [0, 0.1) is 11.6 Å². The number of aliphatic hydroxyl groups is 1. The third-order valence-corrected chi connectivity index (χ3v) is 3.71. The molecule has 0 radical (unpaired) electrons. The first-order valence-corrected chi connectivity index (χ1v) is 7.06. The van der Waals surface area contributed by atoms with E-state index in [4.69, 9.17) is 0 Å². The first kappa shape index (κ1) is 15.1. The van der Waals surface area contributed by atoms with Crippen molar-refractivity contribution in [3.8, 4) is 0 Å². The lowest BCUT2D eigenvalue weighted by Gasteiger charge is -2.24. The molecule has 1 unspecified atom stereocenters. The van der Waals surface area contributed by atoms with Crippen LogP contribution in [0.2, 0.25) is 0 Å². The predicted octanol–water partition coefficient (Wildman–Crippen LogP) is 4.26. The van der Waals surface area contributed by atoms with Gasteiger partial charge in [-0.05, 0) is 52.2 Å². The van der Waals surface area contributed by atoms with Gasteiger partial charge in [0, 0.05) is 12.8 Å². The molecule has 1 nitrogen and oxygen atoms in total. The Morgan fingerprint density at radius 3 is 2.40 bits per heavy atom. The van der Waals surface area contributed by atoms with Crippen molar-refractivity contribution in [1.29, 1.82) is 0 Å². The minimum Gasteiger partial charge on any atom is -0.389 e. The Morgan fingerprint density at radius 2 is 1.75 bits per heavy atom. The molecule has 0 saturated heterocycles. The van der Waals surface area contributed by atoms with E-state index in [-0.39, 0.29) is 18.1 Å². The van der Waals surface area contributed by atoms with Crippen molar-refractivity contribution < 1.29 is 13.9 Å². The van der Waals surface area contributed by atoms with E-state index in [0.717, 1.165) is 5.56 Å². The Hall–Kier alpha value is -1.26. The third kappa shape index (κ3) is 3.87. The van der Waals surface area contributed by atoms with Gasteiger partial charge in [0.2, 0.25) is 0 Å². The van der Waals surface area contributed by atoms with Crippen LogP contribution < -0.4 is 0 Å². The maximum absolute atomic E-state index is 13.6. The topological polar surface area (TPSA) is 20.2 Å². The van der Waals surface area contributed by atoms with Crippen LogP contribution in [0.1, 0.15) is 18.1 Å². The van der Waals surface area contributed by atoms with Crippen molar-refractivity contribution in [2.24, 2.45) is 0 Å². The summed E-state index contributed by atoms with van der Waals surface area (Å²) in [6, 6.07) is 11.0. The van der Waals surface area contributed by atoms with Gasteiger partial charge < -0.3 is 5.11 Å². The lowest BCUT2D eigenvalue weighted by molar-refractivity contribution is 0.0599. The molecule has 0 spiro atoms. The summed E-state index contributed by atoms with van der Waals surface area (Å²) in [5, 5.41) is 10.4. The zero-order valence-corrected chi connectivity index (χ0v) is 12.6. The molecule has 2 rings (SSSR count). The standard InChI is InChI=1S/C16H15BrF2O/c1-16(20,10-12-4-2-3-5-14(12)18)9-11-6-7-15(19)13(17)8-11/h2-8,20H,9-10H2,1H3. The Morgan fingerprint density at radius 1 is 1.05 bits per heavy atom. The fourth-order valence-electron chi connectivity index (χ4n) is 2.20. The van der Waals surface area contributed by atoms with Gasteiger partial charge in [-0.1, -0.05) is 24.3 Å². The maximum Gasteiger partial charge on any atom is 0.137 e. The van der Waals surface area contributed by atoms with Crippen LogP contribution in [-0.4, -0.2) is 10.7 Å². The minimum absolute atomic E-state index is 0.203. The summed E-state index contributed by atoms with van der Waals surface area (Å²) < 4.78 is 27.1. The van der Waals surface area contributed by atoms with Crippen LogP contribution >= 0.6 is 15.9 Å². The second kappa shape index (κ2) is 6.02. The molecule has 4 heteroatoms. The molecule has 106 valence electrons. The first-order chi connectivity index (χ1) is 9.37. The van der Waals surface area contributed by atoms with Crippen molar-refractivity contribution in [2.75, 3.05) is 0 Å². The molecule has 0 aliphatic heterocycles. The molecule has 0 fully saturated rings. The van der Waals surface area contributed by atoms with E-state index in [1.165, 1.54) is 12.1 Å². The Kier molecular flexibility index (Phi) is 4.55. The normalized spacial score (nSPS) is 14.1. The molecule has 0 aliphatic rings. The summed E-state index contributed by atoms with van der Waals surface area (Å²) in [5.74, 6) is -0.671. The average Bonchev–Trinajstić information content (AvgIpc) is 2.36. The van der Waals surface area contributed by atoms with E-state index in [1.807, 2.05) is 0 Å². The smallest absolute Gasteiger partial charge is 0.137 e. The van der Waals surface area contributed by atoms with Gasteiger partial charge in [0.25, 0.3) is 0 Å². The van der Waals surface area contributed by atoms with Crippen molar-refractivity contribution in [3.63, 3.8) is 0 Å². The van der Waals surface area contributed by atoms with Crippen LogP contribution in [0.15, 0.2) is 46.9 Å². The average molecular weight is 341 g/mol. The molecule has 0 saturated carbocycles. The molecule has 0 bridgehead atoms. The Bertz CT molecular complexity index is 611. The van der Waals surface area contributed by atoms with E-state index in [2.05, 4.69) is 15.9 Å². The summed E-state index contributed by atoms with van der Waals surface area (Å²) in [7, 11) is 0. The number of hydrogen-bond acceptors (Lipinski definition) is 1. The van der Waals surface area contributed by atoms with Gasteiger partial charge in [0.15, 0.2) is 0 Å². The highest BCUT2D eigenvalue weighted by molar-refractivity contribution is 9.10. The van der Waals surface area contributed by atoms with Gasteiger partial charge in [-0.25, -0.2) is 8.78 Å². The van der Waals surface area contributed by atoms with E-state index in [9.17, 15) is 13.9 Å². The fourth-order valence-corrected chi connectivity index (χ4v) is 2.63. The van der Waals surface area contributed by atoms with Crippen molar-refractivity contribution in [1.82, 2.24) is 0 Å². The highest BCUT2D eigenvalue weighted by atomic mass is 79.9. The molecule has 2 aromatic carbocycles. The number of benzene rings is 2. The molecule has 0 amide bonds. The highest BCUT2D eigenvalue weighted by Crippen LogP contribution is 2.23. The molecule has 20 heavy (non-hydrogen) atoms. The number of rotatable bonds is 4. The van der Waals surface area contributed by atoms with Crippen LogP contribution in [0.4, 0.5) is 8.78 Å². The number of halogens is 3. The van der Waals surface area contributed by atoms with Gasteiger partial charge in [-0.2, -0.15) is 0 Å². The molecule has 2 aromatic rings. The maximum atomic E-state index is 13.6. The van der Waals surface area contributed by atoms with Crippen LogP contribution in [-0.2, 0) is 12.8 Å². The minimum atomic E-state index is -1.10. The van der Waals surface area contributed by atoms with Gasteiger partial charge in [-0.3, -0.25) is 0 Å². The summed E-state index contributed by atoms with van der Waals surface area (Å²) in [4.78, 5) is 0. The monoisotopic (exact) mass is 340 g/mol. The summed E-state index contributed by atoms with van der Waals surface area (Å²) >= 11 is 3.12. The molecule has 1 N–H and O–H groups in total. The molecule has 0 aromatic heterocycles. The van der Waals surface area contributed by atoms with E-state index in [1.54, 1.807) is 37.3 Å². The lowest BCUT2D eigenvalue weighted by atomic mass is 9.89. The van der Waals surface area contributed by atoms with Crippen LogP contribution in [0.25, 0.3) is 0 Å². The van der Waals surface area contributed by atoms with Crippen molar-refractivity contribution >= 4 is 15.9 Å². The highest BCUT2D eigenvalue weighted by Gasteiger charge is 2.23. The van der Waals surface area contributed by atoms with Crippen molar-refractivity contribution in [3.05, 3.63) is 69.7 Å². The van der Waals surface area contributed by atoms with Crippen molar-refractivity contribution in [2.45, 2.75) is 25.4 Å². The second-order valence-corrected chi connectivity index (χ2v) is 6.04. The first-order valence-electron chi connectivity index (χ1n) is 6.27. The zero-order valence-electron chi connectivity index (χ0n) is 11.0. The quantitative estimate of drug-likeness (QED) is 0.881. The van der Waals surface area contributed by atoms with Gasteiger partial charge >= 0.3 is 0 Å². The Balaban J connectivity index is 2.14. The second-order valence-electron chi connectivity index (χ2n) is 5.19. The molecular formula is C16H15BrF2O. The SMILES string of the molecule is CC(O)(Cc1ccc(F)c(Br)c1)Cc1ccccc1F. The summed E-state index contributed by atoms with van der Waals surface area (Å²) in [5.41, 5.74) is 0.165. The van der Waals surface area contributed by atoms with Crippen LogP contribution in [0.5, 0.6) is 0 Å². The van der Waals surface area contributed by atoms with Crippen LogP contribution in [0.3, 0.4) is 0 Å². The Labute approximate surface area is 125 Å². The summed E-state index contributed by atoms with van der Waals surface area (Å²) in [6.45, 7) is 1.65. The molecule has 0 heterocycles. The fraction of sp³-hybridized carbons (Fsp3) is 0.250. The number of hydrogen-bond donors (Lipinski definition) is 1. The van der Waals surface area contributed by atoms with Gasteiger partial charge in [0.1, 0.15) is 11.6 Å². The molecule has 1 atom stereocenters.